The van der Waals surface area contributed by atoms with Crippen LogP contribution in [0.3, 0.4) is 0 Å². The van der Waals surface area contributed by atoms with Gasteiger partial charge in [-0.1, -0.05) is 16.8 Å². The topological polar surface area (TPSA) is 45.4 Å². The van der Waals surface area contributed by atoms with Crippen molar-refractivity contribution in [1.82, 2.24) is 0 Å². The summed E-state index contributed by atoms with van der Waals surface area (Å²) in [5.41, 5.74) is 0.904. The molecule has 1 unspecified atom stereocenters. The highest BCUT2D eigenvalue weighted by atomic mass is 35.5. The molecule has 0 spiro atoms. The van der Waals surface area contributed by atoms with Gasteiger partial charge in [0.1, 0.15) is 7.11 Å². The molecule has 8 heteroatoms. The van der Waals surface area contributed by atoms with Gasteiger partial charge >= 0.3 is 6.18 Å². The fourth-order valence-corrected chi connectivity index (χ4v) is 3.72. The molecular formula is C12H16ClF3N2OS. The molecule has 0 saturated heterocycles. The van der Waals surface area contributed by atoms with Gasteiger partial charge in [-0.15, -0.1) is 11.8 Å². The van der Waals surface area contributed by atoms with Crippen molar-refractivity contribution in [1.29, 1.82) is 5.26 Å². The molecule has 3 nitrogen and oxygen atoms in total. The van der Waals surface area contributed by atoms with E-state index in [0.717, 1.165) is 17.5 Å². The van der Waals surface area contributed by atoms with Gasteiger partial charge in [-0.05, 0) is 25.7 Å². The maximum absolute atomic E-state index is 12.1. The standard InChI is InChI=1S/C12H16ClF3N2OS/c1-19-18-10-4-2-9(3-5-10)11(13,8-17)20-7-6-12(14,15)16/h9H,2-7H2,1H3. The number of oxime groups is 1. The molecule has 0 bridgehead atoms. The van der Waals surface area contributed by atoms with Crippen LogP contribution in [0.4, 0.5) is 13.2 Å². The van der Waals surface area contributed by atoms with E-state index in [1.54, 1.807) is 0 Å². The van der Waals surface area contributed by atoms with Crippen LogP contribution in [0.5, 0.6) is 0 Å². The van der Waals surface area contributed by atoms with Crippen LogP contribution in [0.25, 0.3) is 0 Å². The molecule has 0 amide bonds. The highest BCUT2D eigenvalue weighted by Gasteiger charge is 2.40. The summed E-state index contributed by atoms with van der Waals surface area (Å²) in [6.07, 6.45) is -2.55. The fourth-order valence-electron chi connectivity index (χ4n) is 2.10. The lowest BCUT2D eigenvalue weighted by Gasteiger charge is -2.32. The number of halogens is 4. The first-order valence-corrected chi connectivity index (χ1v) is 7.57. The van der Waals surface area contributed by atoms with E-state index >= 15 is 0 Å². The molecule has 1 fully saturated rings. The van der Waals surface area contributed by atoms with Crippen molar-refractivity contribution in [2.45, 2.75) is 42.5 Å². The molecule has 0 N–H and O–H groups in total. The van der Waals surface area contributed by atoms with Crippen LogP contribution >= 0.6 is 23.4 Å². The molecule has 1 aliphatic rings. The minimum atomic E-state index is -4.22. The summed E-state index contributed by atoms with van der Waals surface area (Å²) in [5.74, 6) is -0.334. The molecule has 0 aromatic carbocycles. The van der Waals surface area contributed by atoms with Gasteiger partial charge in [0.05, 0.1) is 18.2 Å². The molecule has 0 aliphatic heterocycles. The van der Waals surface area contributed by atoms with E-state index in [1.165, 1.54) is 7.11 Å². The SMILES string of the molecule is CON=C1CCC(C(Cl)(C#N)SCCC(F)(F)F)CC1. The molecule has 0 aromatic rings. The molecule has 0 heterocycles. The Bertz CT molecular complexity index is 387. The quantitative estimate of drug-likeness (QED) is 0.557. The van der Waals surface area contributed by atoms with Crippen LogP contribution in [0, 0.1) is 17.2 Å². The van der Waals surface area contributed by atoms with E-state index in [2.05, 4.69) is 5.16 Å². The molecular weight excluding hydrogens is 313 g/mol. The number of alkyl halides is 4. The molecule has 114 valence electrons. The molecule has 20 heavy (non-hydrogen) atoms. The maximum Gasteiger partial charge on any atom is 0.389 e. The average Bonchev–Trinajstić information content (AvgIpc) is 2.38. The van der Waals surface area contributed by atoms with Gasteiger partial charge < -0.3 is 4.84 Å². The van der Waals surface area contributed by atoms with E-state index in [0.29, 0.717) is 25.7 Å². The Hall–Kier alpha value is -0.610. The van der Waals surface area contributed by atoms with Crippen LogP contribution < -0.4 is 0 Å². The predicted molar refractivity (Wildman–Crippen MR) is 73.7 cm³/mol. The number of thioether (sulfide) groups is 1. The van der Waals surface area contributed by atoms with Crippen molar-refractivity contribution >= 4 is 29.1 Å². The Kier molecular flexibility index (Phi) is 6.46. The largest absolute Gasteiger partial charge is 0.399 e. The van der Waals surface area contributed by atoms with Gasteiger partial charge in [0.2, 0.25) is 0 Å². The van der Waals surface area contributed by atoms with Crippen LogP contribution in [0.2, 0.25) is 0 Å². The summed E-state index contributed by atoms with van der Waals surface area (Å²) in [4.78, 5) is 4.69. The van der Waals surface area contributed by atoms with Crippen LogP contribution in [0.1, 0.15) is 32.1 Å². The second kappa shape index (κ2) is 7.41. The smallest absolute Gasteiger partial charge is 0.389 e. The first-order chi connectivity index (χ1) is 9.30. The Morgan fingerprint density at radius 2 is 2.05 bits per heavy atom. The third-order valence-corrected chi connectivity index (χ3v) is 5.13. The zero-order valence-corrected chi connectivity index (χ0v) is 12.6. The fraction of sp³-hybridized carbons (Fsp3) is 0.833. The number of rotatable bonds is 5. The van der Waals surface area contributed by atoms with Crippen molar-refractivity contribution in [3.63, 3.8) is 0 Å². The third-order valence-electron chi connectivity index (χ3n) is 3.16. The lowest BCUT2D eigenvalue weighted by molar-refractivity contribution is -0.129. The monoisotopic (exact) mass is 328 g/mol. The van der Waals surface area contributed by atoms with E-state index in [9.17, 15) is 18.4 Å². The minimum Gasteiger partial charge on any atom is -0.399 e. The lowest BCUT2D eigenvalue weighted by atomic mass is 9.85. The Labute approximate surface area is 125 Å². The molecule has 1 saturated carbocycles. The summed E-state index contributed by atoms with van der Waals surface area (Å²) >= 11 is 7.10. The summed E-state index contributed by atoms with van der Waals surface area (Å²) < 4.78 is 35.1. The van der Waals surface area contributed by atoms with Crippen molar-refractivity contribution in [3.8, 4) is 6.07 Å². The third kappa shape index (κ3) is 5.41. The van der Waals surface area contributed by atoms with E-state index < -0.39 is 16.8 Å². The zero-order chi connectivity index (χ0) is 15.2. The summed E-state index contributed by atoms with van der Waals surface area (Å²) in [5, 5.41) is 13.1. The minimum absolute atomic E-state index is 0.136. The molecule has 0 aromatic heterocycles. The van der Waals surface area contributed by atoms with E-state index in [4.69, 9.17) is 16.4 Å². The molecule has 1 rings (SSSR count). The molecule has 0 radical (unpaired) electrons. The first-order valence-electron chi connectivity index (χ1n) is 6.20. The summed E-state index contributed by atoms with van der Waals surface area (Å²) in [7, 11) is 1.47. The number of nitriles is 1. The van der Waals surface area contributed by atoms with Gasteiger partial charge in [-0.3, -0.25) is 0 Å². The van der Waals surface area contributed by atoms with Gasteiger partial charge in [-0.2, -0.15) is 18.4 Å². The first kappa shape index (κ1) is 17.4. The van der Waals surface area contributed by atoms with Gasteiger partial charge in [0, 0.05) is 11.7 Å². The van der Waals surface area contributed by atoms with Gasteiger partial charge in [0.25, 0.3) is 0 Å². The number of hydrogen-bond donors (Lipinski definition) is 0. The maximum atomic E-state index is 12.1. The Morgan fingerprint density at radius 1 is 1.45 bits per heavy atom. The van der Waals surface area contributed by atoms with E-state index in [1.807, 2.05) is 6.07 Å². The normalized spacial score (nSPS) is 22.8. The van der Waals surface area contributed by atoms with Crippen LogP contribution in [-0.2, 0) is 4.84 Å². The van der Waals surface area contributed by atoms with Gasteiger partial charge in [-0.25, -0.2) is 0 Å². The second-order valence-corrected chi connectivity index (χ2v) is 6.75. The Balaban J connectivity index is 2.53. The van der Waals surface area contributed by atoms with Crippen molar-refractivity contribution in [2.75, 3.05) is 12.9 Å². The average molecular weight is 329 g/mol. The van der Waals surface area contributed by atoms with Crippen molar-refractivity contribution in [3.05, 3.63) is 0 Å². The zero-order valence-electron chi connectivity index (χ0n) is 11.0. The summed E-state index contributed by atoms with van der Waals surface area (Å²) in [6, 6.07) is 1.97. The summed E-state index contributed by atoms with van der Waals surface area (Å²) in [6.45, 7) is 0. The highest BCUT2D eigenvalue weighted by molar-refractivity contribution is 8.02. The van der Waals surface area contributed by atoms with E-state index in [-0.39, 0.29) is 11.7 Å². The van der Waals surface area contributed by atoms with Gasteiger partial charge in [0.15, 0.2) is 4.21 Å². The van der Waals surface area contributed by atoms with Crippen molar-refractivity contribution < 1.29 is 18.0 Å². The van der Waals surface area contributed by atoms with Crippen LogP contribution in [-0.4, -0.2) is 29.0 Å². The Morgan fingerprint density at radius 3 is 2.50 bits per heavy atom. The number of hydrogen-bond acceptors (Lipinski definition) is 4. The molecule has 1 aliphatic carbocycles. The van der Waals surface area contributed by atoms with Crippen molar-refractivity contribution in [2.24, 2.45) is 11.1 Å². The second-order valence-electron chi connectivity index (χ2n) is 4.58. The highest BCUT2D eigenvalue weighted by Crippen LogP contribution is 2.44. The van der Waals surface area contributed by atoms with Crippen LogP contribution in [0.15, 0.2) is 5.16 Å². The number of nitrogens with zero attached hydrogens (tertiary/aromatic N) is 2. The lowest BCUT2D eigenvalue weighted by Crippen LogP contribution is -2.31. The molecule has 1 atom stereocenters. The predicted octanol–water partition coefficient (Wildman–Crippen LogP) is 4.32.